The lowest BCUT2D eigenvalue weighted by atomic mass is 9.93. The number of hydrogen-bond acceptors (Lipinski definition) is 1. The van der Waals surface area contributed by atoms with Crippen LogP contribution in [0.5, 0.6) is 0 Å². The average molecular weight is 188 g/mol. The monoisotopic (exact) mass is 188 g/mol. The van der Waals surface area contributed by atoms with E-state index in [0.29, 0.717) is 0 Å². The second-order valence-electron chi connectivity index (χ2n) is 4.90. The summed E-state index contributed by atoms with van der Waals surface area (Å²) < 4.78 is 5.79. The first-order valence-corrected chi connectivity index (χ1v) is 4.97. The van der Waals surface area contributed by atoms with E-state index in [4.69, 9.17) is 4.42 Å². The number of furan rings is 1. The van der Waals surface area contributed by atoms with Crippen molar-refractivity contribution in [2.75, 3.05) is 0 Å². The van der Waals surface area contributed by atoms with Gasteiger partial charge < -0.3 is 4.42 Å². The molecule has 74 valence electrons. The Balaban J connectivity index is 2.63. The maximum atomic E-state index is 5.79. The summed E-state index contributed by atoms with van der Waals surface area (Å²) in [6, 6.07) is 8.43. The van der Waals surface area contributed by atoms with Gasteiger partial charge in [-0.25, -0.2) is 0 Å². The van der Waals surface area contributed by atoms with Crippen molar-refractivity contribution in [3.63, 3.8) is 0 Å². The van der Waals surface area contributed by atoms with Crippen molar-refractivity contribution >= 4 is 11.0 Å². The highest BCUT2D eigenvalue weighted by molar-refractivity contribution is 5.78. The van der Waals surface area contributed by atoms with E-state index in [9.17, 15) is 0 Å². The van der Waals surface area contributed by atoms with Gasteiger partial charge in [0.05, 0.1) is 0 Å². The van der Waals surface area contributed by atoms with Crippen LogP contribution in [0.2, 0.25) is 0 Å². The Morgan fingerprint density at radius 3 is 2.43 bits per heavy atom. The minimum Gasteiger partial charge on any atom is -0.461 e. The third-order valence-corrected chi connectivity index (χ3v) is 2.41. The number of benzene rings is 1. The van der Waals surface area contributed by atoms with Gasteiger partial charge in [0.2, 0.25) is 0 Å². The van der Waals surface area contributed by atoms with E-state index in [2.05, 4.69) is 45.9 Å². The number of hydrogen-bond donors (Lipinski definition) is 0. The molecule has 0 spiro atoms. The molecule has 14 heavy (non-hydrogen) atoms. The van der Waals surface area contributed by atoms with Crippen molar-refractivity contribution in [1.29, 1.82) is 0 Å². The van der Waals surface area contributed by atoms with Gasteiger partial charge in [-0.15, -0.1) is 0 Å². The van der Waals surface area contributed by atoms with Gasteiger partial charge in [0.25, 0.3) is 0 Å². The Hall–Kier alpha value is -1.24. The third-order valence-electron chi connectivity index (χ3n) is 2.41. The zero-order chi connectivity index (χ0) is 10.3. The number of aryl methyl sites for hydroxylation is 1. The standard InChI is InChI=1S/C13H16O/c1-9-5-6-11-10(7-9)8-12(14-11)13(2,3)4/h5-8H,1-4H3. The fraction of sp³-hybridized carbons (Fsp3) is 0.385. The molecule has 0 saturated heterocycles. The Bertz CT molecular complexity index is 458. The molecule has 0 aliphatic heterocycles. The third kappa shape index (κ3) is 1.54. The number of fused-ring (bicyclic) bond motifs is 1. The molecule has 0 atom stereocenters. The van der Waals surface area contributed by atoms with Crippen LogP contribution in [-0.4, -0.2) is 0 Å². The van der Waals surface area contributed by atoms with Gasteiger partial charge in [-0.05, 0) is 25.1 Å². The lowest BCUT2D eigenvalue weighted by Crippen LogP contribution is -2.08. The van der Waals surface area contributed by atoms with E-state index in [-0.39, 0.29) is 5.41 Å². The minimum atomic E-state index is 0.0902. The van der Waals surface area contributed by atoms with Crippen LogP contribution in [0.15, 0.2) is 28.7 Å². The van der Waals surface area contributed by atoms with Crippen LogP contribution in [0, 0.1) is 6.92 Å². The quantitative estimate of drug-likeness (QED) is 0.608. The Morgan fingerprint density at radius 2 is 1.79 bits per heavy atom. The van der Waals surface area contributed by atoms with E-state index in [0.717, 1.165) is 11.3 Å². The highest BCUT2D eigenvalue weighted by atomic mass is 16.3. The lowest BCUT2D eigenvalue weighted by Gasteiger charge is -2.13. The van der Waals surface area contributed by atoms with Gasteiger partial charge in [-0.2, -0.15) is 0 Å². The van der Waals surface area contributed by atoms with Gasteiger partial charge in [-0.1, -0.05) is 32.4 Å². The molecule has 1 heteroatoms. The van der Waals surface area contributed by atoms with Crippen molar-refractivity contribution < 1.29 is 4.42 Å². The van der Waals surface area contributed by atoms with E-state index < -0.39 is 0 Å². The Labute approximate surface area is 84.7 Å². The molecule has 0 radical (unpaired) electrons. The first kappa shape index (κ1) is 9.32. The first-order chi connectivity index (χ1) is 6.47. The van der Waals surface area contributed by atoms with E-state index in [1.165, 1.54) is 10.9 Å². The van der Waals surface area contributed by atoms with Crippen molar-refractivity contribution in [3.05, 3.63) is 35.6 Å². The number of rotatable bonds is 0. The molecule has 0 unspecified atom stereocenters. The SMILES string of the molecule is Cc1ccc2oc(C(C)(C)C)cc2c1. The molecule has 0 aliphatic rings. The van der Waals surface area contributed by atoms with Crippen LogP contribution in [0.4, 0.5) is 0 Å². The first-order valence-electron chi connectivity index (χ1n) is 4.97. The largest absolute Gasteiger partial charge is 0.461 e. The predicted molar refractivity (Wildman–Crippen MR) is 59.7 cm³/mol. The van der Waals surface area contributed by atoms with E-state index in [1.54, 1.807) is 0 Å². The topological polar surface area (TPSA) is 13.1 Å². The predicted octanol–water partition coefficient (Wildman–Crippen LogP) is 4.04. The second-order valence-corrected chi connectivity index (χ2v) is 4.90. The van der Waals surface area contributed by atoms with Crippen molar-refractivity contribution in [1.82, 2.24) is 0 Å². The normalized spacial score (nSPS) is 12.3. The van der Waals surface area contributed by atoms with Crippen molar-refractivity contribution in [2.24, 2.45) is 0 Å². The summed E-state index contributed by atoms with van der Waals surface area (Å²) in [5, 5.41) is 1.20. The summed E-state index contributed by atoms with van der Waals surface area (Å²) >= 11 is 0. The van der Waals surface area contributed by atoms with Gasteiger partial charge in [-0.3, -0.25) is 0 Å². The zero-order valence-electron chi connectivity index (χ0n) is 9.22. The summed E-state index contributed by atoms with van der Waals surface area (Å²) in [6.45, 7) is 8.59. The summed E-state index contributed by atoms with van der Waals surface area (Å²) in [6.07, 6.45) is 0. The molecule has 1 heterocycles. The lowest BCUT2D eigenvalue weighted by molar-refractivity contribution is 0.430. The molecule has 0 bridgehead atoms. The molecule has 0 fully saturated rings. The summed E-state index contributed by atoms with van der Waals surface area (Å²) in [5.74, 6) is 1.05. The maximum Gasteiger partial charge on any atom is 0.134 e. The van der Waals surface area contributed by atoms with Gasteiger partial charge in [0.15, 0.2) is 0 Å². The summed E-state index contributed by atoms with van der Waals surface area (Å²) in [4.78, 5) is 0. The molecule has 1 nitrogen and oxygen atoms in total. The molecule has 2 aromatic rings. The smallest absolute Gasteiger partial charge is 0.134 e. The van der Waals surface area contributed by atoms with Gasteiger partial charge >= 0.3 is 0 Å². The van der Waals surface area contributed by atoms with Crippen LogP contribution < -0.4 is 0 Å². The molecule has 1 aromatic carbocycles. The molecular formula is C13H16O. The average Bonchev–Trinajstić information content (AvgIpc) is 2.45. The van der Waals surface area contributed by atoms with E-state index >= 15 is 0 Å². The summed E-state index contributed by atoms with van der Waals surface area (Å²) in [5.41, 5.74) is 2.35. The van der Waals surface area contributed by atoms with Crippen molar-refractivity contribution in [2.45, 2.75) is 33.1 Å². The molecule has 2 rings (SSSR count). The molecular weight excluding hydrogens is 172 g/mol. The molecule has 0 saturated carbocycles. The van der Waals surface area contributed by atoms with Crippen LogP contribution in [-0.2, 0) is 5.41 Å². The molecule has 0 amide bonds. The van der Waals surface area contributed by atoms with Crippen LogP contribution >= 0.6 is 0 Å². The van der Waals surface area contributed by atoms with Crippen LogP contribution in [0.1, 0.15) is 32.1 Å². The minimum absolute atomic E-state index is 0.0902. The van der Waals surface area contributed by atoms with Crippen LogP contribution in [0.3, 0.4) is 0 Å². The Kier molecular flexibility index (Phi) is 1.91. The maximum absolute atomic E-state index is 5.79. The van der Waals surface area contributed by atoms with E-state index in [1.807, 2.05) is 6.07 Å². The van der Waals surface area contributed by atoms with Gasteiger partial charge in [0, 0.05) is 10.8 Å². The molecule has 1 aromatic heterocycles. The zero-order valence-corrected chi connectivity index (χ0v) is 9.22. The molecule has 0 N–H and O–H groups in total. The summed E-state index contributed by atoms with van der Waals surface area (Å²) in [7, 11) is 0. The highest BCUT2D eigenvalue weighted by Gasteiger charge is 2.18. The van der Waals surface area contributed by atoms with Gasteiger partial charge in [0.1, 0.15) is 11.3 Å². The van der Waals surface area contributed by atoms with Crippen molar-refractivity contribution in [3.8, 4) is 0 Å². The Morgan fingerprint density at radius 1 is 1.07 bits per heavy atom. The molecule has 0 aliphatic carbocycles. The fourth-order valence-electron chi connectivity index (χ4n) is 1.53. The fourth-order valence-corrected chi connectivity index (χ4v) is 1.53. The second kappa shape index (κ2) is 2.88. The highest BCUT2D eigenvalue weighted by Crippen LogP contribution is 2.29. The van der Waals surface area contributed by atoms with Crippen LogP contribution in [0.25, 0.3) is 11.0 Å².